The first-order valence-corrected chi connectivity index (χ1v) is 8.36. The van der Waals surface area contributed by atoms with E-state index in [1.54, 1.807) is 0 Å². The highest BCUT2D eigenvalue weighted by Crippen LogP contribution is 2.11. The van der Waals surface area contributed by atoms with E-state index in [2.05, 4.69) is 45.1 Å². The predicted octanol–water partition coefficient (Wildman–Crippen LogP) is 4.83. The fraction of sp³-hybridized carbons (Fsp3) is 0.632. The van der Waals surface area contributed by atoms with E-state index in [1.807, 2.05) is 12.1 Å². The number of aryl methyl sites for hydroxylation is 1. The predicted molar refractivity (Wildman–Crippen MR) is 90.6 cm³/mol. The van der Waals surface area contributed by atoms with E-state index in [1.165, 1.54) is 24.8 Å². The molecule has 0 aliphatic rings. The molecule has 1 rings (SSSR count). The molecule has 0 saturated carbocycles. The normalized spacial score (nSPS) is 11.1. The summed E-state index contributed by atoms with van der Waals surface area (Å²) in [5.74, 6) is 1.52. The average molecular weight is 289 g/mol. The molecule has 21 heavy (non-hydrogen) atoms. The number of hydrogen-bond donors (Lipinski definition) is 1. The van der Waals surface area contributed by atoms with Crippen molar-refractivity contribution in [1.29, 1.82) is 0 Å². The highest BCUT2D eigenvalue weighted by atomic mass is 16.1. The number of amides is 1. The van der Waals surface area contributed by atoms with Gasteiger partial charge in [-0.25, -0.2) is 0 Å². The second kappa shape index (κ2) is 9.59. The minimum Gasteiger partial charge on any atom is -0.352 e. The van der Waals surface area contributed by atoms with Crippen molar-refractivity contribution in [3.05, 3.63) is 35.4 Å². The van der Waals surface area contributed by atoms with Gasteiger partial charge in [0.2, 0.25) is 0 Å². The highest BCUT2D eigenvalue weighted by molar-refractivity contribution is 5.94. The fourth-order valence-corrected chi connectivity index (χ4v) is 2.26. The molecule has 0 aliphatic carbocycles. The second-order valence-electron chi connectivity index (χ2n) is 6.77. The van der Waals surface area contributed by atoms with Crippen LogP contribution in [0.15, 0.2) is 24.3 Å². The van der Waals surface area contributed by atoms with E-state index in [9.17, 15) is 4.79 Å². The van der Waals surface area contributed by atoms with E-state index in [4.69, 9.17) is 0 Å². The summed E-state index contributed by atoms with van der Waals surface area (Å²) in [6.45, 7) is 9.72. The van der Waals surface area contributed by atoms with Gasteiger partial charge in [-0.15, -0.1) is 0 Å². The largest absolute Gasteiger partial charge is 0.352 e. The van der Waals surface area contributed by atoms with Crippen molar-refractivity contribution in [2.24, 2.45) is 11.8 Å². The van der Waals surface area contributed by atoms with Gasteiger partial charge in [0.25, 0.3) is 5.91 Å². The van der Waals surface area contributed by atoms with Gasteiger partial charge in [0.15, 0.2) is 0 Å². The minimum atomic E-state index is 0.0509. The van der Waals surface area contributed by atoms with Crippen LogP contribution in [-0.4, -0.2) is 12.5 Å². The van der Waals surface area contributed by atoms with Gasteiger partial charge in [-0.2, -0.15) is 0 Å². The Morgan fingerprint density at radius 1 is 0.952 bits per heavy atom. The summed E-state index contributed by atoms with van der Waals surface area (Å²) in [6.07, 6.45) is 5.78. The van der Waals surface area contributed by atoms with Crippen molar-refractivity contribution < 1.29 is 4.79 Å². The van der Waals surface area contributed by atoms with E-state index in [0.29, 0.717) is 0 Å². The van der Waals surface area contributed by atoms with Gasteiger partial charge in [-0.3, -0.25) is 4.79 Å². The van der Waals surface area contributed by atoms with Gasteiger partial charge < -0.3 is 5.32 Å². The van der Waals surface area contributed by atoms with Crippen LogP contribution in [0, 0.1) is 11.8 Å². The summed E-state index contributed by atoms with van der Waals surface area (Å²) >= 11 is 0. The Balaban J connectivity index is 2.30. The monoisotopic (exact) mass is 289 g/mol. The molecule has 0 spiro atoms. The van der Waals surface area contributed by atoms with Crippen molar-refractivity contribution in [3.8, 4) is 0 Å². The molecule has 118 valence electrons. The SMILES string of the molecule is CC(C)CCCCNC(=O)c1ccc(CCC(C)C)cc1. The number of carbonyl (C=O) groups is 1. The molecule has 0 fully saturated rings. The van der Waals surface area contributed by atoms with Gasteiger partial charge in [0.1, 0.15) is 0 Å². The number of nitrogens with one attached hydrogen (secondary N) is 1. The van der Waals surface area contributed by atoms with Crippen molar-refractivity contribution in [2.45, 2.75) is 59.8 Å². The number of unbranched alkanes of at least 4 members (excludes halogenated alkanes) is 1. The third kappa shape index (κ3) is 7.89. The van der Waals surface area contributed by atoms with Crippen LogP contribution in [0.4, 0.5) is 0 Å². The smallest absolute Gasteiger partial charge is 0.251 e. The summed E-state index contributed by atoms with van der Waals surface area (Å²) < 4.78 is 0. The molecular weight excluding hydrogens is 258 g/mol. The molecule has 1 N–H and O–H groups in total. The lowest BCUT2D eigenvalue weighted by Crippen LogP contribution is -2.24. The maximum absolute atomic E-state index is 12.0. The van der Waals surface area contributed by atoms with Crippen molar-refractivity contribution in [1.82, 2.24) is 5.32 Å². The third-order valence-corrected chi connectivity index (χ3v) is 3.72. The zero-order chi connectivity index (χ0) is 15.7. The highest BCUT2D eigenvalue weighted by Gasteiger charge is 2.05. The van der Waals surface area contributed by atoms with Gasteiger partial charge in [-0.1, -0.05) is 52.7 Å². The topological polar surface area (TPSA) is 29.1 Å². The van der Waals surface area contributed by atoms with E-state index in [0.717, 1.165) is 36.8 Å². The molecule has 0 radical (unpaired) electrons. The molecule has 0 heterocycles. The third-order valence-electron chi connectivity index (χ3n) is 3.72. The molecule has 1 aromatic rings. The molecule has 0 aliphatic heterocycles. The van der Waals surface area contributed by atoms with Crippen LogP contribution in [0.2, 0.25) is 0 Å². The molecule has 0 aromatic heterocycles. The van der Waals surface area contributed by atoms with Gasteiger partial charge in [0.05, 0.1) is 0 Å². The summed E-state index contributed by atoms with van der Waals surface area (Å²) in [4.78, 5) is 12.0. The van der Waals surface area contributed by atoms with Crippen LogP contribution in [0.3, 0.4) is 0 Å². The van der Waals surface area contributed by atoms with Crippen LogP contribution < -0.4 is 5.32 Å². The molecule has 2 nitrogen and oxygen atoms in total. The number of hydrogen-bond acceptors (Lipinski definition) is 1. The first-order chi connectivity index (χ1) is 9.99. The first-order valence-electron chi connectivity index (χ1n) is 8.36. The molecule has 1 aromatic carbocycles. The van der Waals surface area contributed by atoms with Gasteiger partial charge in [0, 0.05) is 12.1 Å². The molecular formula is C19H31NO. The average Bonchev–Trinajstić information content (AvgIpc) is 2.44. The number of rotatable bonds is 9. The fourth-order valence-electron chi connectivity index (χ4n) is 2.26. The summed E-state index contributed by atoms with van der Waals surface area (Å²) in [5, 5.41) is 3.00. The molecule has 0 bridgehead atoms. The number of carbonyl (C=O) groups excluding carboxylic acids is 1. The van der Waals surface area contributed by atoms with Crippen LogP contribution in [0.25, 0.3) is 0 Å². The molecule has 0 atom stereocenters. The Hall–Kier alpha value is -1.31. The molecule has 1 amide bonds. The molecule has 0 unspecified atom stereocenters. The van der Waals surface area contributed by atoms with Crippen molar-refractivity contribution in [2.75, 3.05) is 6.54 Å². The summed E-state index contributed by atoms with van der Waals surface area (Å²) in [5.41, 5.74) is 2.09. The first kappa shape index (κ1) is 17.7. The van der Waals surface area contributed by atoms with E-state index < -0.39 is 0 Å². The zero-order valence-electron chi connectivity index (χ0n) is 14.1. The second-order valence-corrected chi connectivity index (χ2v) is 6.77. The Labute approximate surface area is 130 Å². The van der Waals surface area contributed by atoms with Gasteiger partial charge >= 0.3 is 0 Å². The van der Waals surface area contributed by atoms with Crippen molar-refractivity contribution >= 4 is 5.91 Å². The Morgan fingerprint density at radius 3 is 2.14 bits per heavy atom. The molecule has 2 heteroatoms. The maximum Gasteiger partial charge on any atom is 0.251 e. The lowest BCUT2D eigenvalue weighted by molar-refractivity contribution is 0.0953. The Bertz CT molecular complexity index is 406. The standard InChI is InChI=1S/C19H31NO/c1-15(2)7-5-6-14-20-19(21)18-12-10-17(11-13-18)9-8-16(3)4/h10-13,15-16H,5-9,14H2,1-4H3,(H,20,21). The van der Waals surface area contributed by atoms with Gasteiger partial charge in [-0.05, 0) is 48.8 Å². The summed E-state index contributed by atoms with van der Waals surface area (Å²) in [6, 6.07) is 8.05. The Kier molecular flexibility index (Phi) is 8.11. The summed E-state index contributed by atoms with van der Waals surface area (Å²) in [7, 11) is 0. The lowest BCUT2D eigenvalue weighted by Gasteiger charge is -2.08. The maximum atomic E-state index is 12.0. The minimum absolute atomic E-state index is 0.0509. The van der Waals surface area contributed by atoms with E-state index >= 15 is 0 Å². The quantitative estimate of drug-likeness (QED) is 0.648. The van der Waals surface area contributed by atoms with Crippen LogP contribution in [0.5, 0.6) is 0 Å². The van der Waals surface area contributed by atoms with E-state index in [-0.39, 0.29) is 5.91 Å². The van der Waals surface area contributed by atoms with Crippen LogP contribution in [0.1, 0.15) is 69.3 Å². The number of benzene rings is 1. The zero-order valence-corrected chi connectivity index (χ0v) is 14.1. The lowest BCUT2D eigenvalue weighted by atomic mass is 10.0. The van der Waals surface area contributed by atoms with Crippen LogP contribution >= 0.6 is 0 Å². The van der Waals surface area contributed by atoms with Crippen LogP contribution in [-0.2, 0) is 6.42 Å². The van der Waals surface area contributed by atoms with Crippen molar-refractivity contribution in [3.63, 3.8) is 0 Å². The Morgan fingerprint density at radius 2 is 1.57 bits per heavy atom. The molecule has 0 saturated heterocycles.